The summed E-state index contributed by atoms with van der Waals surface area (Å²) in [4.78, 5) is 0. The molecule has 0 heterocycles. The maximum absolute atomic E-state index is 12.6. The van der Waals surface area contributed by atoms with Crippen LogP contribution in [0.4, 0.5) is 26.3 Å². The van der Waals surface area contributed by atoms with E-state index < -0.39 is 29.2 Å². The molecule has 1 aromatic carbocycles. The Kier molecular flexibility index (Phi) is 5.49. The van der Waals surface area contributed by atoms with Crippen LogP contribution in [-0.2, 0) is 12.4 Å². The van der Waals surface area contributed by atoms with Crippen molar-refractivity contribution in [2.24, 2.45) is 5.92 Å². The van der Waals surface area contributed by atoms with E-state index in [1.807, 2.05) is 0 Å². The molecular weight excluding hydrogens is 300 g/mol. The summed E-state index contributed by atoms with van der Waals surface area (Å²) in [5.74, 6) is -0.501. The van der Waals surface area contributed by atoms with Gasteiger partial charge in [-0.05, 0) is 25.2 Å². The fourth-order valence-corrected chi connectivity index (χ4v) is 1.66. The normalized spacial score (nSPS) is 14.1. The summed E-state index contributed by atoms with van der Waals surface area (Å²) in [5, 5.41) is 2.84. The Balaban J connectivity index is 3.03. The van der Waals surface area contributed by atoms with E-state index in [9.17, 15) is 26.3 Å². The molecule has 1 unspecified atom stereocenters. The smallest absolute Gasteiger partial charge is 0.416 e. The molecule has 8 heteroatoms. The number of ether oxygens (including phenoxy) is 1. The lowest BCUT2D eigenvalue weighted by Crippen LogP contribution is -2.22. The molecule has 0 saturated carbocycles. The van der Waals surface area contributed by atoms with Crippen LogP contribution in [0.1, 0.15) is 18.1 Å². The van der Waals surface area contributed by atoms with Crippen LogP contribution < -0.4 is 10.1 Å². The van der Waals surface area contributed by atoms with E-state index in [0.29, 0.717) is 18.7 Å². The van der Waals surface area contributed by atoms with Gasteiger partial charge >= 0.3 is 12.4 Å². The molecule has 1 atom stereocenters. The van der Waals surface area contributed by atoms with Crippen LogP contribution in [0.3, 0.4) is 0 Å². The van der Waals surface area contributed by atoms with E-state index in [0.717, 1.165) is 0 Å². The van der Waals surface area contributed by atoms with Gasteiger partial charge in [-0.15, -0.1) is 0 Å². The summed E-state index contributed by atoms with van der Waals surface area (Å²) in [6.45, 7) is 2.30. The molecule has 1 rings (SSSR count). The summed E-state index contributed by atoms with van der Waals surface area (Å²) in [6, 6.07) is 1.21. The van der Waals surface area contributed by atoms with Crippen LogP contribution in [0.15, 0.2) is 18.2 Å². The van der Waals surface area contributed by atoms with Crippen molar-refractivity contribution in [1.82, 2.24) is 5.32 Å². The number of hydrogen-bond acceptors (Lipinski definition) is 2. The van der Waals surface area contributed by atoms with Gasteiger partial charge in [0, 0.05) is 12.5 Å². The second-order valence-corrected chi connectivity index (χ2v) is 4.72. The first kappa shape index (κ1) is 17.6. The minimum atomic E-state index is -4.87. The molecule has 0 fully saturated rings. The predicted octanol–water partition coefficient (Wildman–Crippen LogP) is 3.96. The topological polar surface area (TPSA) is 21.3 Å². The van der Waals surface area contributed by atoms with Gasteiger partial charge in [-0.3, -0.25) is 0 Å². The first-order chi connectivity index (χ1) is 9.54. The Morgan fingerprint density at radius 2 is 1.48 bits per heavy atom. The van der Waals surface area contributed by atoms with Gasteiger partial charge < -0.3 is 10.1 Å². The SMILES string of the molecule is CNCC(C)COc1cc(C(F)(F)F)cc(C(F)(F)F)c1. The van der Waals surface area contributed by atoms with Gasteiger partial charge in [0.05, 0.1) is 17.7 Å². The molecule has 1 N–H and O–H groups in total. The van der Waals surface area contributed by atoms with E-state index >= 15 is 0 Å². The molecule has 0 radical (unpaired) electrons. The van der Waals surface area contributed by atoms with Crippen molar-refractivity contribution in [3.8, 4) is 5.75 Å². The number of hydrogen-bond donors (Lipinski definition) is 1. The van der Waals surface area contributed by atoms with Crippen molar-refractivity contribution >= 4 is 0 Å². The molecule has 2 nitrogen and oxygen atoms in total. The highest BCUT2D eigenvalue weighted by molar-refractivity contribution is 5.37. The Bertz CT molecular complexity index is 436. The number of halogens is 6. The monoisotopic (exact) mass is 315 g/mol. The maximum Gasteiger partial charge on any atom is 0.416 e. The highest BCUT2D eigenvalue weighted by Crippen LogP contribution is 2.38. The number of alkyl halides is 6. The molecule has 0 saturated heterocycles. The molecule has 120 valence electrons. The number of rotatable bonds is 5. The third-order valence-electron chi connectivity index (χ3n) is 2.65. The van der Waals surface area contributed by atoms with E-state index in [-0.39, 0.29) is 18.6 Å². The van der Waals surface area contributed by atoms with Gasteiger partial charge in [-0.1, -0.05) is 6.92 Å². The third-order valence-corrected chi connectivity index (χ3v) is 2.65. The van der Waals surface area contributed by atoms with E-state index in [4.69, 9.17) is 4.74 Å². The third kappa shape index (κ3) is 5.45. The lowest BCUT2D eigenvalue weighted by atomic mass is 10.1. The Morgan fingerprint density at radius 3 is 1.86 bits per heavy atom. The van der Waals surface area contributed by atoms with Crippen LogP contribution >= 0.6 is 0 Å². The fraction of sp³-hybridized carbons (Fsp3) is 0.538. The van der Waals surface area contributed by atoms with Crippen molar-refractivity contribution in [3.05, 3.63) is 29.3 Å². The zero-order chi connectivity index (χ0) is 16.3. The molecule has 0 amide bonds. The minimum absolute atomic E-state index is 0.0133. The van der Waals surface area contributed by atoms with E-state index in [2.05, 4.69) is 5.32 Å². The lowest BCUT2D eigenvalue weighted by molar-refractivity contribution is -0.143. The zero-order valence-corrected chi connectivity index (χ0v) is 11.4. The second-order valence-electron chi connectivity index (χ2n) is 4.72. The molecule has 1 aromatic rings. The van der Waals surface area contributed by atoms with Crippen LogP contribution in [-0.4, -0.2) is 20.2 Å². The Labute approximate surface area is 118 Å². The van der Waals surface area contributed by atoms with Crippen molar-refractivity contribution in [1.29, 1.82) is 0 Å². The molecule has 21 heavy (non-hydrogen) atoms. The average Bonchev–Trinajstić information content (AvgIpc) is 2.34. The second kappa shape index (κ2) is 6.55. The predicted molar refractivity (Wildman–Crippen MR) is 65.0 cm³/mol. The van der Waals surface area contributed by atoms with Gasteiger partial charge in [0.2, 0.25) is 0 Å². The molecule has 0 aliphatic carbocycles. The van der Waals surface area contributed by atoms with Gasteiger partial charge in [0.15, 0.2) is 0 Å². The quantitative estimate of drug-likeness (QED) is 0.831. The standard InChI is InChI=1S/C13H15F6NO/c1-8(6-20-2)7-21-11-4-9(12(14,15)16)3-10(5-11)13(17,18)19/h3-5,8,20H,6-7H2,1-2H3. The lowest BCUT2D eigenvalue weighted by Gasteiger charge is -2.16. The van der Waals surface area contributed by atoms with Crippen LogP contribution in [0.2, 0.25) is 0 Å². The van der Waals surface area contributed by atoms with Crippen molar-refractivity contribution in [2.45, 2.75) is 19.3 Å². The van der Waals surface area contributed by atoms with Gasteiger partial charge in [-0.25, -0.2) is 0 Å². The zero-order valence-electron chi connectivity index (χ0n) is 11.4. The van der Waals surface area contributed by atoms with Crippen LogP contribution in [0.25, 0.3) is 0 Å². The highest BCUT2D eigenvalue weighted by Gasteiger charge is 2.37. The van der Waals surface area contributed by atoms with Crippen LogP contribution in [0, 0.1) is 5.92 Å². The maximum atomic E-state index is 12.6. The average molecular weight is 315 g/mol. The molecule has 0 aliphatic heterocycles. The summed E-state index contributed by atoms with van der Waals surface area (Å²) >= 11 is 0. The minimum Gasteiger partial charge on any atom is -0.493 e. The fourth-order valence-electron chi connectivity index (χ4n) is 1.66. The molecule has 0 aromatic heterocycles. The van der Waals surface area contributed by atoms with Crippen molar-refractivity contribution in [2.75, 3.05) is 20.2 Å². The highest BCUT2D eigenvalue weighted by atomic mass is 19.4. The molecule has 0 spiro atoms. The summed E-state index contributed by atoms with van der Waals surface area (Å²) in [7, 11) is 1.68. The first-order valence-corrected chi connectivity index (χ1v) is 6.11. The Morgan fingerprint density at radius 1 is 1.00 bits per heavy atom. The van der Waals surface area contributed by atoms with E-state index in [1.54, 1.807) is 14.0 Å². The van der Waals surface area contributed by atoms with Gasteiger partial charge in [0.1, 0.15) is 5.75 Å². The number of benzene rings is 1. The molecular formula is C13H15F6NO. The summed E-state index contributed by atoms with van der Waals surface area (Å²) in [5.41, 5.74) is -2.76. The van der Waals surface area contributed by atoms with Crippen molar-refractivity contribution < 1.29 is 31.1 Å². The van der Waals surface area contributed by atoms with Gasteiger partial charge in [-0.2, -0.15) is 26.3 Å². The largest absolute Gasteiger partial charge is 0.493 e. The van der Waals surface area contributed by atoms with Crippen LogP contribution in [0.5, 0.6) is 5.75 Å². The van der Waals surface area contributed by atoms with Gasteiger partial charge in [0.25, 0.3) is 0 Å². The van der Waals surface area contributed by atoms with Crippen molar-refractivity contribution in [3.63, 3.8) is 0 Å². The first-order valence-electron chi connectivity index (χ1n) is 6.11. The Hall–Kier alpha value is -1.44. The number of nitrogens with one attached hydrogen (secondary N) is 1. The summed E-state index contributed by atoms with van der Waals surface area (Å²) in [6.07, 6.45) is -9.73. The summed E-state index contributed by atoms with van der Waals surface area (Å²) < 4.78 is 80.8. The van der Waals surface area contributed by atoms with E-state index in [1.165, 1.54) is 0 Å². The molecule has 0 bridgehead atoms. The molecule has 0 aliphatic rings.